The van der Waals surface area contributed by atoms with Crippen LogP contribution in [-0.2, 0) is 9.59 Å². The van der Waals surface area contributed by atoms with E-state index >= 15 is 0 Å². The highest BCUT2D eigenvalue weighted by Gasteiger charge is 2.41. The second kappa shape index (κ2) is 5.46. The lowest BCUT2D eigenvalue weighted by Gasteiger charge is -2.18. The van der Waals surface area contributed by atoms with Crippen molar-refractivity contribution in [1.82, 2.24) is 4.90 Å². The van der Waals surface area contributed by atoms with E-state index in [1.54, 1.807) is 29.2 Å². The number of thiophene rings is 1. The largest absolute Gasteiger partial charge is 0.481 e. The Morgan fingerprint density at radius 3 is 2.79 bits per heavy atom. The number of carbonyl (C=O) groups is 2. The molecule has 1 atom stereocenters. The molecular formula is C13H14BrNO3S. The second-order valence-electron chi connectivity index (χ2n) is 4.85. The molecule has 6 heteroatoms. The zero-order valence-electron chi connectivity index (χ0n) is 10.4. The van der Waals surface area contributed by atoms with E-state index in [0.29, 0.717) is 13.0 Å². The maximum atomic E-state index is 12.0. The van der Waals surface area contributed by atoms with Crippen molar-refractivity contribution in [3.05, 3.63) is 26.9 Å². The van der Waals surface area contributed by atoms with Crippen molar-refractivity contribution in [2.24, 2.45) is 5.41 Å². The first-order chi connectivity index (χ1) is 8.90. The number of halogens is 1. The van der Waals surface area contributed by atoms with Crippen LogP contribution < -0.4 is 0 Å². The van der Waals surface area contributed by atoms with Gasteiger partial charge in [0.1, 0.15) is 0 Å². The van der Waals surface area contributed by atoms with Crippen LogP contribution in [0.1, 0.15) is 18.2 Å². The fraction of sp³-hybridized carbons (Fsp3) is 0.385. The third-order valence-corrected chi connectivity index (χ3v) is 4.87. The van der Waals surface area contributed by atoms with Crippen molar-refractivity contribution in [1.29, 1.82) is 0 Å². The SMILES string of the molecule is C[C@@]1(C(=O)O)CCN(C(=O)/C=C\c2ccc(Br)s2)C1. The molecule has 1 amide bonds. The number of carboxylic acid groups (broad SMARTS) is 1. The maximum Gasteiger partial charge on any atom is 0.311 e. The number of rotatable bonds is 3. The Kier molecular flexibility index (Phi) is 4.10. The van der Waals surface area contributed by atoms with Gasteiger partial charge in [0.25, 0.3) is 0 Å². The molecule has 2 rings (SSSR count). The summed E-state index contributed by atoms with van der Waals surface area (Å²) >= 11 is 4.90. The van der Waals surface area contributed by atoms with E-state index in [1.807, 2.05) is 12.1 Å². The fourth-order valence-electron chi connectivity index (χ4n) is 2.00. The van der Waals surface area contributed by atoms with Crippen LogP contribution in [-0.4, -0.2) is 35.0 Å². The molecule has 2 heterocycles. The van der Waals surface area contributed by atoms with Gasteiger partial charge >= 0.3 is 5.97 Å². The van der Waals surface area contributed by atoms with Gasteiger partial charge in [-0.3, -0.25) is 9.59 Å². The first-order valence-corrected chi connectivity index (χ1v) is 7.47. The Labute approximate surface area is 123 Å². The summed E-state index contributed by atoms with van der Waals surface area (Å²) in [7, 11) is 0. The Balaban J connectivity index is 1.99. The van der Waals surface area contributed by atoms with E-state index in [0.717, 1.165) is 8.66 Å². The third-order valence-electron chi connectivity index (χ3n) is 3.29. The average molecular weight is 344 g/mol. The van der Waals surface area contributed by atoms with Crippen LogP contribution in [0.4, 0.5) is 0 Å². The minimum absolute atomic E-state index is 0.130. The lowest BCUT2D eigenvalue weighted by molar-refractivity contribution is -0.147. The molecule has 102 valence electrons. The second-order valence-corrected chi connectivity index (χ2v) is 7.35. The summed E-state index contributed by atoms with van der Waals surface area (Å²) in [5.74, 6) is -0.969. The van der Waals surface area contributed by atoms with Gasteiger partial charge in [-0.2, -0.15) is 0 Å². The quantitative estimate of drug-likeness (QED) is 0.858. The highest BCUT2D eigenvalue weighted by molar-refractivity contribution is 9.11. The van der Waals surface area contributed by atoms with Gasteiger partial charge in [-0.05, 0) is 47.5 Å². The topological polar surface area (TPSA) is 57.6 Å². The van der Waals surface area contributed by atoms with E-state index in [1.165, 1.54) is 6.08 Å². The van der Waals surface area contributed by atoms with Crippen LogP contribution >= 0.6 is 27.3 Å². The summed E-state index contributed by atoms with van der Waals surface area (Å²) in [6, 6.07) is 3.84. The molecule has 1 aromatic rings. The van der Waals surface area contributed by atoms with Crippen LogP contribution in [0.3, 0.4) is 0 Å². The van der Waals surface area contributed by atoms with E-state index in [4.69, 9.17) is 5.11 Å². The van der Waals surface area contributed by atoms with Crippen molar-refractivity contribution in [3.63, 3.8) is 0 Å². The average Bonchev–Trinajstić information content (AvgIpc) is 2.94. The first kappa shape index (κ1) is 14.3. The van der Waals surface area contributed by atoms with Crippen LogP contribution in [0.5, 0.6) is 0 Å². The summed E-state index contributed by atoms with van der Waals surface area (Å²) in [6.07, 6.45) is 3.77. The summed E-state index contributed by atoms with van der Waals surface area (Å²) in [6.45, 7) is 2.46. The van der Waals surface area contributed by atoms with Crippen molar-refractivity contribution >= 4 is 45.2 Å². The van der Waals surface area contributed by atoms with E-state index in [2.05, 4.69) is 15.9 Å². The standard InChI is InChI=1S/C13H14BrNO3S/c1-13(12(17)18)6-7-15(8-13)11(16)5-3-9-2-4-10(14)19-9/h2-5H,6-8H2,1H3,(H,17,18)/b5-3-/t13-/m1/s1. The molecule has 0 saturated carbocycles. The highest BCUT2D eigenvalue weighted by atomic mass is 79.9. The predicted molar refractivity (Wildman–Crippen MR) is 78.0 cm³/mol. The van der Waals surface area contributed by atoms with E-state index in [9.17, 15) is 9.59 Å². The number of carbonyl (C=O) groups excluding carboxylic acids is 1. The summed E-state index contributed by atoms with van der Waals surface area (Å²) in [4.78, 5) is 25.7. The molecule has 0 spiro atoms. The molecule has 1 aromatic heterocycles. The van der Waals surface area contributed by atoms with Gasteiger partial charge in [-0.15, -0.1) is 11.3 Å². The Bertz CT molecular complexity index is 540. The molecule has 1 aliphatic rings. The number of aliphatic carboxylic acids is 1. The fourth-order valence-corrected chi connectivity index (χ4v) is 3.33. The lowest BCUT2D eigenvalue weighted by Crippen LogP contribution is -2.34. The molecule has 1 saturated heterocycles. The Hall–Kier alpha value is -1.14. The van der Waals surface area contributed by atoms with Crippen molar-refractivity contribution in [3.8, 4) is 0 Å². The van der Waals surface area contributed by atoms with Gasteiger partial charge < -0.3 is 10.0 Å². The smallest absolute Gasteiger partial charge is 0.311 e. The van der Waals surface area contributed by atoms with E-state index < -0.39 is 11.4 Å². The molecule has 1 N–H and O–H groups in total. The van der Waals surface area contributed by atoms with Gasteiger partial charge in [0, 0.05) is 24.0 Å². The monoisotopic (exact) mass is 343 g/mol. The molecule has 0 unspecified atom stereocenters. The van der Waals surface area contributed by atoms with E-state index in [-0.39, 0.29) is 12.5 Å². The van der Waals surface area contributed by atoms with Gasteiger partial charge in [-0.1, -0.05) is 0 Å². The minimum atomic E-state index is -0.839. The third kappa shape index (κ3) is 3.25. The van der Waals surface area contributed by atoms with Crippen molar-refractivity contribution in [2.45, 2.75) is 13.3 Å². The van der Waals surface area contributed by atoms with Gasteiger partial charge in [0.2, 0.25) is 5.91 Å². The van der Waals surface area contributed by atoms with Crippen LogP contribution in [0.15, 0.2) is 22.0 Å². The lowest BCUT2D eigenvalue weighted by atomic mass is 9.90. The van der Waals surface area contributed by atoms with Crippen LogP contribution in [0, 0.1) is 5.41 Å². The summed E-state index contributed by atoms with van der Waals surface area (Å²) < 4.78 is 1.01. The molecule has 0 aliphatic carbocycles. The number of hydrogen-bond acceptors (Lipinski definition) is 3. The minimum Gasteiger partial charge on any atom is -0.481 e. The van der Waals surface area contributed by atoms with Crippen LogP contribution in [0.25, 0.3) is 6.08 Å². The van der Waals surface area contributed by atoms with Gasteiger partial charge in [0.05, 0.1) is 9.20 Å². The molecule has 1 fully saturated rings. The molecular weight excluding hydrogens is 330 g/mol. The van der Waals surface area contributed by atoms with Crippen molar-refractivity contribution < 1.29 is 14.7 Å². The summed E-state index contributed by atoms with van der Waals surface area (Å²) in [5, 5.41) is 9.12. The molecule has 4 nitrogen and oxygen atoms in total. The summed E-state index contributed by atoms with van der Waals surface area (Å²) in [5.41, 5.74) is -0.810. The zero-order valence-corrected chi connectivity index (χ0v) is 12.8. The number of amides is 1. The van der Waals surface area contributed by atoms with Crippen LogP contribution in [0.2, 0.25) is 0 Å². The number of carboxylic acids is 1. The van der Waals surface area contributed by atoms with Crippen molar-refractivity contribution in [2.75, 3.05) is 13.1 Å². The maximum absolute atomic E-state index is 12.0. The zero-order chi connectivity index (χ0) is 14.0. The first-order valence-electron chi connectivity index (χ1n) is 5.86. The highest BCUT2D eigenvalue weighted by Crippen LogP contribution is 2.30. The molecule has 19 heavy (non-hydrogen) atoms. The van der Waals surface area contributed by atoms with Gasteiger partial charge in [0.15, 0.2) is 0 Å². The normalized spacial score (nSPS) is 23.2. The number of likely N-dealkylation sites (tertiary alicyclic amines) is 1. The molecule has 0 aromatic carbocycles. The predicted octanol–water partition coefficient (Wildman–Crippen LogP) is 2.85. The number of nitrogens with zero attached hydrogens (tertiary/aromatic N) is 1. The number of hydrogen-bond donors (Lipinski definition) is 1. The van der Waals surface area contributed by atoms with Gasteiger partial charge in [-0.25, -0.2) is 0 Å². The molecule has 0 radical (unpaired) electrons. The molecule has 0 bridgehead atoms. The Morgan fingerprint density at radius 1 is 1.53 bits per heavy atom. The molecule has 1 aliphatic heterocycles. The Morgan fingerprint density at radius 2 is 2.26 bits per heavy atom.